The van der Waals surface area contributed by atoms with Crippen molar-refractivity contribution in [3.63, 3.8) is 0 Å². The van der Waals surface area contributed by atoms with Gasteiger partial charge in [-0.15, -0.1) is 0 Å². The summed E-state index contributed by atoms with van der Waals surface area (Å²) in [7, 11) is 0. The van der Waals surface area contributed by atoms with Crippen LogP contribution in [0.15, 0.2) is 42.4 Å². The topological polar surface area (TPSA) is 31.5 Å². The van der Waals surface area contributed by atoms with Crippen molar-refractivity contribution >= 4 is 5.78 Å². The van der Waals surface area contributed by atoms with Gasteiger partial charge in [0.1, 0.15) is 5.92 Å². The van der Waals surface area contributed by atoms with Crippen LogP contribution in [0.2, 0.25) is 0 Å². The van der Waals surface area contributed by atoms with Crippen LogP contribution in [0.1, 0.15) is 24.8 Å². The van der Waals surface area contributed by atoms with Crippen molar-refractivity contribution in [2.75, 3.05) is 0 Å². The average Bonchev–Trinajstić information content (AvgIpc) is 2.23. The number of hydrogen-bond donors (Lipinski definition) is 1. The first-order chi connectivity index (χ1) is 6.77. The first-order valence-corrected chi connectivity index (χ1v) is 4.70. The number of allylic oxidation sites excluding steroid dienone is 1. The largest absolute Gasteiger partial charge is 0.504 e. The SMILES string of the molecule is CC1=[O+]C=C(O)CC1c1ccccc1. The second kappa shape index (κ2) is 3.66. The van der Waals surface area contributed by atoms with Crippen molar-refractivity contribution in [1.29, 1.82) is 0 Å². The highest BCUT2D eigenvalue weighted by atomic mass is 16.4. The number of ketones is 1. The van der Waals surface area contributed by atoms with Gasteiger partial charge in [0.15, 0.2) is 5.76 Å². The molecule has 1 unspecified atom stereocenters. The molecule has 0 aliphatic carbocycles. The van der Waals surface area contributed by atoms with E-state index in [4.69, 9.17) is 4.42 Å². The molecule has 0 aromatic heterocycles. The number of benzene rings is 1. The molecule has 0 radical (unpaired) electrons. The minimum atomic E-state index is 0.182. The molecule has 1 heterocycles. The van der Waals surface area contributed by atoms with Crippen molar-refractivity contribution < 1.29 is 9.53 Å². The van der Waals surface area contributed by atoms with Gasteiger partial charge < -0.3 is 5.11 Å². The summed E-state index contributed by atoms with van der Waals surface area (Å²) in [5.41, 5.74) is 1.18. The molecular formula is C12H13O2+. The van der Waals surface area contributed by atoms with Crippen molar-refractivity contribution in [3.8, 4) is 0 Å². The van der Waals surface area contributed by atoms with Crippen LogP contribution in [0.4, 0.5) is 0 Å². The van der Waals surface area contributed by atoms with Gasteiger partial charge in [-0.1, -0.05) is 30.3 Å². The van der Waals surface area contributed by atoms with Gasteiger partial charge in [-0.25, -0.2) is 4.42 Å². The standard InChI is InChI=1S/C12H12O2/c1-9-12(7-11(13)8-14-9)10-5-3-2-4-6-10/h2-6,8,12H,7H2,1H3/p+1. The molecule has 0 saturated carbocycles. The maximum Gasteiger partial charge on any atom is 0.354 e. The van der Waals surface area contributed by atoms with Crippen LogP contribution < -0.4 is 0 Å². The number of aliphatic hydroxyl groups excluding tert-OH is 1. The Bertz CT molecular complexity index is 377. The molecule has 1 aromatic carbocycles. The molecule has 0 fully saturated rings. The lowest BCUT2D eigenvalue weighted by atomic mass is 9.91. The third-order valence-corrected chi connectivity index (χ3v) is 2.49. The lowest BCUT2D eigenvalue weighted by Gasteiger charge is -2.11. The first kappa shape index (κ1) is 9.00. The van der Waals surface area contributed by atoms with E-state index < -0.39 is 0 Å². The minimum Gasteiger partial charge on any atom is -0.504 e. The molecule has 0 amide bonds. The van der Waals surface area contributed by atoms with Crippen molar-refractivity contribution in [1.82, 2.24) is 0 Å². The van der Waals surface area contributed by atoms with Crippen LogP contribution in [-0.4, -0.2) is 10.9 Å². The monoisotopic (exact) mass is 189 g/mol. The van der Waals surface area contributed by atoms with Crippen molar-refractivity contribution in [2.24, 2.45) is 0 Å². The number of hydrogen-bond acceptors (Lipinski definition) is 1. The molecule has 0 bridgehead atoms. The van der Waals surface area contributed by atoms with E-state index in [9.17, 15) is 5.11 Å². The fraction of sp³-hybridized carbons (Fsp3) is 0.250. The quantitative estimate of drug-likeness (QED) is 0.677. The zero-order valence-corrected chi connectivity index (χ0v) is 8.10. The second-order valence-corrected chi connectivity index (χ2v) is 3.51. The lowest BCUT2D eigenvalue weighted by molar-refractivity contribution is -0.381. The Labute approximate surface area is 83.2 Å². The van der Waals surface area contributed by atoms with E-state index in [1.807, 2.05) is 25.1 Å². The first-order valence-electron chi connectivity index (χ1n) is 4.70. The maximum atomic E-state index is 9.38. The van der Waals surface area contributed by atoms with Crippen molar-refractivity contribution in [3.05, 3.63) is 47.9 Å². The molecule has 1 aromatic rings. The van der Waals surface area contributed by atoms with E-state index in [0.717, 1.165) is 5.78 Å². The fourth-order valence-electron chi connectivity index (χ4n) is 1.68. The molecule has 72 valence electrons. The normalized spacial score (nSPS) is 21.4. The molecule has 2 nitrogen and oxygen atoms in total. The molecule has 2 rings (SSSR count). The van der Waals surface area contributed by atoms with Crippen LogP contribution in [0.3, 0.4) is 0 Å². The van der Waals surface area contributed by atoms with Gasteiger partial charge in [0.05, 0.1) is 0 Å². The van der Waals surface area contributed by atoms with Gasteiger partial charge >= 0.3 is 12.0 Å². The molecule has 1 atom stereocenters. The predicted octanol–water partition coefficient (Wildman–Crippen LogP) is 2.70. The molecule has 0 spiro atoms. The smallest absolute Gasteiger partial charge is 0.354 e. The van der Waals surface area contributed by atoms with E-state index in [-0.39, 0.29) is 5.92 Å². The van der Waals surface area contributed by atoms with Gasteiger partial charge in [0, 0.05) is 13.3 Å². The third-order valence-electron chi connectivity index (χ3n) is 2.49. The summed E-state index contributed by atoms with van der Waals surface area (Å²) in [6, 6.07) is 10.1. The summed E-state index contributed by atoms with van der Waals surface area (Å²) in [6.07, 6.45) is 2.05. The summed E-state index contributed by atoms with van der Waals surface area (Å²) in [4.78, 5) is 0. The highest BCUT2D eigenvalue weighted by Gasteiger charge is 2.28. The van der Waals surface area contributed by atoms with Gasteiger partial charge in [-0.3, -0.25) is 0 Å². The van der Waals surface area contributed by atoms with Crippen LogP contribution in [0.25, 0.3) is 0 Å². The van der Waals surface area contributed by atoms with Crippen molar-refractivity contribution in [2.45, 2.75) is 19.3 Å². The zero-order chi connectivity index (χ0) is 9.97. The van der Waals surface area contributed by atoms with Gasteiger partial charge in [0.25, 0.3) is 0 Å². The minimum absolute atomic E-state index is 0.182. The Morgan fingerprint density at radius 2 is 2.00 bits per heavy atom. The van der Waals surface area contributed by atoms with E-state index in [0.29, 0.717) is 12.2 Å². The van der Waals surface area contributed by atoms with Gasteiger partial charge in [-0.2, -0.15) is 0 Å². The third kappa shape index (κ3) is 1.69. The summed E-state index contributed by atoms with van der Waals surface area (Å²) in [5.74, 6) is 1.43. The Kier molecular flexibility index (Phi) is 2.35. The zero-order valence-electron chi connectivity index (χ0n) is 8.10. The Morgan fingerprint density at radius 3 is 2.71 bits per heavy atom. The molecule has 2 heteroatoms. The van der Waals surface area contributed by atoms with E-state index in [2.05, 4.69) is 12.1 Å². The predicted molar refractivity (Wildman–Crippen MR) is 55.2 cm³/mol. The average molecular weight is 189 g/mol. The van der Waals surface area contributed by atoms with Crippen LogP contribution in [-0.2, 0) is 4.42 Å². The van der Waals surface area contributed by atoms with Crippen LogP contribution in [0, 0.1) is 0 Å². The second-order valence-electron chi connectivity index (χ2n) is 3.51. The van der Waals surface area contributed by atoms with Crippen LogP contribution in [0.5, 0.6) is 0 Å². The summed E-state index contributed by atoms with van der Waals surface area (Å²) >= 11 is 0. The van der Waals surface area contributed by atoms with E-state index in [1.165, 1.54) is 11.8 Å². The number of rotatable bonds is 1. The summed E-state index contributed by atoms with van der Waals surface area (Å²) in [6.45, 7) is 1.95. The van der Waals surface area contributed by atoms with Gasteiger partial charge in [0.2, 0.25) is 0 Å². The lowest BCUT2D eigenvalue weighted by Crippen LogP contribution is -2.15. The molecular weight excluding hydrogens is 176 g/mol. The summed E-state index contributed by atoms with van der Waals surface area (Å²) in [5, 5.41) is 9.38. The maximum absolute atomic E-state index is 9.38. The Morgan fingerprint density at radius 1 is 1.29 bits per heavy atom. The fourth-order valence-corrected chi connectivity index (χ4v) is 1.68. The molecule has 0 saturated heterocycles. The molecule has 1 aliphatic rings. The molecule has 1 aliphatic heterocycles. The van der Waals surface area contributed by atoms with E-state index >= 15 is 0 Å². The number of carbonyl (C=O) groups excluding carboxylic acids is 1. The molecule has 1 N–H and O–H groups in total. The summed E-state index contributed by atoms with van der Waals surface area (Å²) < 4.78 is 5.26. The Balaban J connectivity index is 2.30. The van der Waals surface area contributed by atoms with E-state index in [1.54, 1.807) is 0 Å². The highest BCUT2D eigenvalue weighted by molar-refractivity contribution is 5.84. The Hall–Kier alpha value is -1.57. The van der Waals surface area contributed by atoms with Gasteiger partial charge in [-0.05, 0) is 5.56 Å². The molecule has 14 heavy (non-hydrogen) atoms. The number of aliphatic hydroxyl groups is 1. The van der Waals surface area contributed by atoms with Crippen LogP contribution >= 0.6 is 0 Å². The highest BCUT2D eigenvalue weighted by Crippen LogP contribution is 2.26.